The average molecular weight is 348 g/mol. The predicted molar refractivity (Wildman–Crippen MR) is 107 cm³/mol. The van der Waals surface area contributed by atoms with Crippen molar-refractivity contribution in [2.24, 2.45) is 0 Å². The lowest BCUT2D eigenvalue weighted by Gasteiger charge is -2.03. The Morgan fingerprint density at radius 2 is 1.24 bits per heavy atom. The molecular weight excluding hydrogens is 309 g/mol. The Bertz CT molecular complexity index is 426. The van der Waals surface area contributed by atoms with Gasteiger partial charge in [-0.15, -0.1) is 0 Å². The number of hydrogen-bond acceptors (Lipinski definition) is 2. The van der Waals surface area contributed by atoms with Crippen LogP contribution >= 0.6 is 0 Å². The zero-order chi connectivity index (χ0) is 18.2. The van der Waals surface area contributed by atoms with Gasteiger partial charge in [-0.05, 0) is 6.42 Å². The van der Waals surface area contributed by atoms with Crippen LogP contribution in [0.15, 0.2) is 24.5 Å². The Kier molecular flexibility index (Phi) is 13.7. The molecule has 0 amide bonds. The van der Waals surface area contributed by atoms with Crippen LogP contribution in [0.2, 0.25) is 0 Å². The highest BCUT2D eigenvalue weighted by Crippen LogP contribution is 2.12. The van der Waals surface area contributed by atoms with Crippen molar-refractivity contribution in [1.82, 2.24) is 0 Å². The summed E-state index contributed by atoms with van der Waals surface area (Å²) in [4.78, 5) is 0. The van der Waals surface area contributed by atoms with Crippen molar-refractivity contribution in [3.8, 4) is 0 Å². The fraction of sp³-hybridized carbons (Fsp3) is 0.762. The summed E-state index contributed by atoms with van der Waals surface area (Å²) in [7, 11) is -1.37. The molecule has 142 valence electrons. The van der Waals surface area contributed by atoms with Gasteiger partial charge in [-0.3, -0.25) is 0 Å². The van der Waals surface area contributed by atoms with Gasteiger partial charge in [0.1, 0.15) is 6.54 Å². The molecule has 0 aliphatic rings. The molecule has 25 heavy (non-hydrogen) atoms. The van der Waals surface area contributed by atoms with E-state index >= 15 is 0 Å². The van der Waals surface area contributed by atoms with Gasteiger partial charge < -0.3 is 10.0 Å². The molecule has 0 saturated carbocycles. The molecule has 0 radical (unpaired) electrons. The summed E-state index contributed by atoms with van der Waals surface area (Å²) < 4.78 is 2.05. The number of pyridine rings is 1. The molecule has 0 spiro atoms. The van der Waals surface area contributed by atoms with E-state index in [1.807, 2.05) is 18.5 Å². The van der Waals surface area contributed by atoms with Crippen molar-refractivity contribution in [1.29, 1.82) is 0 Å². The van der Waals surface area contributed by atoms with Crippen molar-refractivity contribution in [2.45, 2.75) is 103 Å². The highest BCUT2D eigenvalue weighted by molar-refractivity contribution is 6.58. The van der Waals surface area contributed by atoms with E-state index < -0.39 is 7.12 Å². The van der Waals surface area contributed by atoms with Crippen molar-refractivity contribution in [3.63, 3.8) is 0 Å². The number of aryl methyl sites for hydroxylation is 1. The summed E-state index contributed by atoms with van der Waals surface area (Å²) in [5, 5.41) is 18.4. The maximum absolute atomic E-state index is 9.18. The van der Waals surface area contributed by atoms with Gasteiger partial charge in [-0.2, -0.15) is 0 Å². The summed E-state index contributed by atoms with van der Waals surface area (Å²) in [6, 6.07) is 3.62. The fourth-order valence-corrected chi connectivity index (χ4v) is 3.32. The zero-order valence-electron chi connectivity index (χ0n) is 16.3. The van der Waals surface area contributed by atoms with E-state index in [0.29, 0.717) is 5.46 Å². The molecule has 1 heterocycles. The van der Waals surface area contributed by atoms with Crippen LogP contribution in [-0.4, -0.2) is 17.2 Å². The molecule has 1 rings (SSSR count). The molecule has 0 aliphatic heterocycles. The molecule has 3 nitrogen and oxygen atoms in total. The lowest BCUT2D eigenvalue weighted by Crippen LogP contribution is -2.41. The Labute approximate surface area is 155 Å². The highest BCUT2D eigenvalue weighted by Gasteiger charge is 2.14. The van der Waals surface area contributed by atoms with Crippen LogP contribution in [0.5, 0.6) is 0 Å². The maximum atomic E-state index is 9.18. The first-order valence-corrected chi connectivity index (χ1v) is 10.6. The van der Waals surface area contributed by atoms with E-state index in [1.165, 1.54) is 83.5 Å². The third-order valence-corrected chi connectivity index (χ3v) is 4.95. The van der Waals surface area contributed by atoms with E-state index in [0.717, 1.165) is 13.0 Å². The largest absolute Gasteiger partial charge is 0.494 e. The second-order valence-corrected chi connectivity index (χ2v) is 7.34. The summed E-state index contributed by atoms with van der Waals surface area (Å²) in [6.07, 6.45) is 23.0. The maximum Gasteiger partial charge on any atom is 0.494 e. The van der Waals surface area contributed by atoms with Gasteiger partial charge in [0.15, 0.2) is 12.4 Å². The summed E-state index contributed by atoms with van der Waals surface area (Å²) in [5.41, 5.74) is 0.563. The summed E-state index contributed by atoms with van der Waals surface area (Å²) in [5.74, 6) is 0. The van der Waals surface area contributed by atoms with E-state index in [2.05, 4.69) is 11.5 Å². The van der Waals surface area contributed by atoms with Crippen LogP contribution in [0.4, 0.5) is 0 Å². The van der Waals surface area contributed by atoms with Gasteiger partial charge in [0, 0.05) is 17.9 Å². The van der Waals surface area contributed by atoms with Crippen molar-refractivity contribution < 1.29 is 14.6 Å². The molecule has 0 bridgehead atoms. The van der Waals surface area contributed by atoms with Gasteiger partial charge in [0.05, 0.1) is 0 Å². The Balaban J connectivity index is 1.87. The average Bonchev–Trinajstić information content (AvgIpc) is 2.62. The fourth-order valence-electron chi connectivity index (χ4n) is 3.32. The van der Waals surface area contributed by atoms with Gasteiger partial charge in [0.25, 0.3) is 0 Å². The summed E-state index contributed by atoms with van der Waals surface area (Å²) >= 11 is 0. The Morgan fingerprint density at radius 1 is 0.760 bits per heavy atom. The van der Waals surface area contributed by atoms with Crippen molar-refractivity contribution >= 4 is 12.6 Å². The molecule has 4 heteroatoms. The standard InChI is InChI=1S/C21H39BNO2/c1-2-3-4-5-6-7-8-9-10-11-12-13-14-15-18-23-19-16-17-21(20-23)22(24)25/h16-17,19-20,24-25H,2-15,18H2,1H3/q+1. The van der Waals surface area contributed by atoms with E-state index in [-0.39, 0.29) is 0 Å². The van der Waals surface area contributed by atoms with Gasteiger partial charge >= 0.3 is 7.12 Å². The molecule has 0 aliphatic carbocycles. The quantitative estimate of drug-likeness (QED) is 0.268. The molecule has 1 aromatic rings. The lowest BCUT2D eigenvalue weighted by molar-refractivity contribution is -0.696. The van der Waals surface area contributed by atoms with Crippen LogP contribution in [0.3, 0.4) is 0 Å². The van der Waals surface area contributed by atoms with Crippen LogP contribution in [0.25, 0.3) is 0 Å². The van der Waals surface area contributed by atoms with Crippen LogP contribution in [-0.2, 0) is 6.54 Å². The number of nitrogens with zero attached hydrogens (tertiary/aromatic N) is 1. The van der Waals surface area contributed by atoms with Gasteiger partial charge in [0.2, 0.25) is 0 Å². The number of aromatic nitrogens is 1. The zero-order valence-corrected chi connectivity index (χ0v) is 16.3. The Morgan fingerprint density at radius 3 is 1.72 bits per heavy atom. The first-order valence-electron chi connectivity index (χ1n) is 10.6. The minimum absolute atomic E-state index is 0.563. The van der Waals surface area contributed by atoms with Crippen molar-refractivity contribution in [2.75, 3.05) is 0 Å². The van der Waals surface area contributed by atoms with E-state index in [4.69, 9.17) is 0 Å². The lowest BCUT2D eigenvalue weighted by atomic mass is 9.82. The first-order chi connectivity index (χ1) is 12.2. The molecule has 0 saturated heterocycles. The van der Waals surface area contributed by atoms with Crippen LogP contribution in [0, 0.1) is 0 Å². The molecule has 2 N–H and O–H groups in total. The first kappa shape index (κ1) is 22.2. The van der Waals surface area contributed by atoms with Gasteiger partial charge in [-0.1, -0.05) is 90.0 Å². The third kappa shape index (κ3) is 12.2. The molecule has 0 unspecified atom stereocenters. The minimum Gasteiger partial charge on any atom is -0.423 e. The van der Waals surface area contributed by atoms with Gasteiger partial charge in [-0.25, -0.2) is 4.57 Å². The van der Waals surface area contributed by atoms with Crippen LogP contribution in [0.1, 0.15) is 96.8 Å². The van der Waals surface area contributed by atoms with E-state index in [9.17, 15) is 10.0 Å². The second-order valence-electron chi connectivity index (χ2n) is 7.34. The Hall–Kier alpha value is -0.865. The molecule has 0 aromatic carbocycles. The molecule has 0 atom stereocenters. The summed E-state index contributed by atoms with van der Waals surface area (Å²) in [6.45, 7) is 3.23. The number of hydrogen-bond donors (Lipinski definition) is 2. The smallest absolute Gasteiger partial charge is 0.423 e. The monoisotopic (exact) mass is 348 g/mol. The highest BCUT2D eigenvalue weighted by atomic mass is 16.4. The second kappa shape index (κ2) is 15.4. The number of unbranched alkanes of at least 4 members (excludes halogenated alkanes) is 13. The predicted octanol–water partition coefficient (Wildman–Crippen LogP) is 4.14. The topological polar surface area (TPSA) is 44.3 Å². The number of rotatable bonds is 16. The SMILES string of the molecule is CCCCCCCCCCCCCCCC[n+]1cccc(B(O)O)c1. The van der Waals surface area contributed by atoms with E-state index in [1.54, 1.807) is 6.07 Å². The minimum atomic E-state index is -1.37. The molecule has 0 fully saturated rings. The normalized spacial score (nSPS) is 11.0. The molecular formula is C21H39BNO2+. The van der Waals surface area contributed by atoms with Crippen LogP contribution < -0.4 is 10.0 Å². The third-order valence-electron chi connectivity index (χ3n) is 4.95. The molecule has 1 aromatic heterocycles. The van der Waals surface area contributed by atoms with Crippen molar-refractivity contribution in [3.05, 3.63) is 24.5 Å².